The maximum Gasteiger partial charge on any atom is 0.306 e. The monoisotopic (exact) mass is 569 g/mol. The molecular weight excluding hydrogens is 510 g/mol. The molecule has 0 aromatic heterocycles. The number of likely N-dealkylation sites (N-methyl/N-ethyl adjacent to an activating group) is 1. The summed E-state index contributed by atoms with van der Waals surface area (Å²) in [7, 11) is 5.37. The molecule has 0 radical (unpaired) electrons. The summed E-state index contributed by atoms with van der Waals surface area (Å²) >= 11 is 0. The Morgan fingerprint density at radius 3 is 1.88 bits per heavy atom. The first-order valence-electron chi connectivity index (χ1n) is 15.7. The molecule has 0 spiro atoms. The van der Waals surface area contributed by atoms with Gasteiger partial charge in [-0.25, -0.2) is 0 Å². The Bertz CT molecular complexity index is 687. The summed E-state index contributed by atoms with van der Waals surface area (Å²) in [5.41, 5.74) is 0. The van der Waals surface area contributed by atoms with Crippen molar-refractivity contribution in [3.05, 3.63) is 12.2 Å². The molecule has 0 aromatic carbocycles. The van der Waals surface area contributed by atoms with Crippen molar-refractivity contribution in [2.24, 2.45) is 0 Å². The number of rotatable bonds is 27. The Balaban J connectivity index is 4.49. The molecular formula is C32H59NO7. The van der Waals surface area contributed by atoms with Crippen LogP contribution in [0.5, 0.6) is 0 Å². The third kappa shape index (κ3) is 22.8. The molecule has 0 rings (SSSR count). The van der Waals surface area contributed by atoms with Gasteiger partial charge in [-0.05, 0) is 32.1 Å². The quantitative estimate of drug-likeness (QED) is 0.0556. The Morgan fingerprint density at radius 2 is 1.27 bits per heavy atom. The van der Waals surface area contributed by atoms with Crippen molar-refractivity contribution in [3.8, 4) is 0 Å². The molecule has 8 nitrogen and oxygen atoms in total. The van der Waals surface area contributed by atoms with E-state index >= 15 is 0 Å². The van der Waals surface area contributed by atoms with Crippen LogP contribution in [0.4, 0.5) is 0 Å². The number of ether oxygens (including phenoxy) is 3. The predicted octanol–water partition coefficient (Wildman–Crippen LogP) is 5.51. The first-order chi connectivity index (χ1) is 19.1. The van der Waals surface area contributed by atoms with Gasteiger partial charge < -0.3 is 28.6 Å². The minimum Gasteiger partial charge on any atom is -0.544 e. The Labute approximate surface area is 244 Å². The molecule has 0 saturated carbocycles. The fourth-order valence-corrected chi connectivity index (χ4v) is 4.34. The molecule has 2 atom stereocenters. The average molecular weight is 570 g/mol. The first kappa shape index (κ1) is 38.1. The molecule has 0 aliphatic heterocycles. The molecule has 0 bridgehead atoms. The van der Waals surface area contributed by atoms with Gasteiger partial charge in [0.2, 0.25) is 0 Å². The van der Waals surface area contributed by atoms with Crippen molar-refractivity contribution in [1.82, 2.24) is 0 Å². The number of nitrogens with zero attached hydrogens (tertiary/aromatic N) is 1. The van der Waals surface area contributed by atoms with E-state index in [9.17, 15) is 19.5 Å². The summed E-state index contributed by atoms with van der Waals surface area (Å²) in [6, 6.07) is -0.719. The highest BCUT2D eigenvalue weighted by Crippen LogP contribution is 2.12. The summed E-state index contributed by atoms with van der Waals surface area (Å²) in [4.78, 5) is 36.1. The number of carboxylic acid groups (broad SMARTS) is 1. The van der Waals surface area contributed by atoms with Gasteiger partial charge in [0, 0.05) is 19.3 Å². The minimum atomic E-state index is -1.13. The number of unbranched alkanes of at least 4 members (excludes halogenated alkanes) is 11. The Hall–Kier alpha value is -1.93. The third-order valence-electron chi connectivity index (χ3n) is 6.90. The molecule has 0 heterocycles. The number of carbonyl (C=O) groups excluding carboxylic acids is 3. The summed E-state index contributed by atoms with van der Waals surface area (Å²) in [6.45, 7) is 4.49. The smallest absolute Gasteiger partial charge is 0.306 e. The highest BCUT2D eigenvalue weighted by atomic mass is 16.6. The molecule has 0 fully saturated rings. The van der Waals surface area contributed by atoms with Crippen LogP contribution in [-0.4, -0.2) is 75.5 Å². The number of hydrogen-bond acceptors (Lipinski definition) is 7. The highest BCUT2D eigenvalue weighted by Gasteiger charge is 2.25. The van der Waals surface area contributed by atoms with E-state index in [1.807, 2.05) is 0 Å². The molecule has 40 heavy (non-hydrogen) atoms. The van der Waals surface area contributed by atoms with Gasteiger partial charge >= 0.3 is 11.9 Å². The molecule has 8 heteroatoms. The predicted molar refractivity (Wildman–Crippen MR) is 157 cm³/mol. The van der Waals surface area contributed by atoms with E-state index < -0.39 is 18.1 Å². The van der Waals surface area contributed by atoms with Gasteiger partial charge in [-0.2, -0.15) is 0 Å². The van der Waals surface area contributed by atoms with Crippen molar-refractivity contribution in [3.63, 3.8) is 0 Å². The van der Waals surface area contributed by atoms with Crippen molar-refractivity contribution in [2.45, 2.75) is 135 Å². The lowest BCUT2D eigenvalue weighted by Gasteiger charge is -2.34. The second-order valence-electron chi connectivity index (χ2n) is 11.7. The van der Waals surface area contributed by atoms with Gasteiger partial charge in [0.1, 0.15) is 12.6 Å². The molecule has 0 saturated heterocycles. The molecule has 0 amide bonds. The van der Waals surface area contributed by atoms with Crippen LogP contribution in [0.25, 0.3) is 0 Å². The van der Waals surface area contributed by atoms with Crippen molar-refractivity contribution < 1.29 is 38.2 Å². The maximum atomic E-state index is 12.5. The van der Waals surface area contributed by atoms with Crippen molar-refractivity contribution in [1.29, 1.82) is 0 Å². The van der Waals surface area contributed by atoms with Crippen LogP contribution in [-0.2, 0) is 28.6 Å². The lowest BCUT2D eigenvalue weighted by Crippen LogP contribution is -2.55. The second-order valence-corrected chi connectivity index (χ2v) is 11.7. The largest absolute Gasteiger partial charge is 0.544 e. The molecule has 234 valence electrons. The normalized spacial score (nSPS) is 13.3. The van der Waals surface area contributed by atoms with E-state index in [2.05, 4.69) is 26.0 Å². The van der Waals surface area contributed by atoms with Crippen LogP contribution in [0.1, 0.15) is 123 Å². The standard InChI is InChI=1S/C32H59NO7/c1-6-8-10-12-13-14-15-16-17-19-21-23-31(35)40-28(27-39-30(34)22-20-18-11-9-7-2)26-38-25-24-29(32(36)37)33(3,4)5/h12-13,28-29H,6-11,14-27H2,1-5H3/b13-12-. The van der Waals surface area contributed by atoms with E-state index in [4.69, 9.17) is 14.2 Å². The zero-order valence-electron chi connectivity index (χ0n) is 26.3. The third-order valence-corrected chi connectivity index (χ3v) is 6.90. The number of allylic oxidation sites excluding steroid dienone is 2. The lowest BCUT2D eigenvalue weighted by atomic mass is 10.1. The topological polar surface area (TPSA) is 102 Å². The van der Waals surface area contributed by atoms with Gasteiger partial charge in [-0.3, -0.25) is 9.59 Å². The summed E-state index contributed by atoms with van der Waals surface area (Å²) in [6.07, 6.45) is 19.8. The van der Waals surface area contributed by atoms with Crippen LogP contribution in [0, 0.1) is 0 Å². The zero-order valence-corrected chi connectivity index (χ0v) is 26.3. The van der Waals surface area contributed by atoms with Gasteiger partial charge in [-0.1, -0.05) is 83.8 Å². The van der Waals surface area contributed by atoms with E-state index in [1.54, 1.807) is 21.1 Å². The molecule has 0 N–H and O–H groups in total. The van der Waals surface area contributed by atoms with Gasteiger partial charge in [-0.15, -0.1) is 0 Å². The van der Waals surface area contributed by atoms with E-state index in [1.165, 1.54) is 25.7 Å². The Morgan fingerprint density at radius 1 is 0.725 bits per heavy atom. The second kappa shape index (κ2) is 24.8. The van der Waals surface area contributed by atoms with Gasteiger partial charge in [0.25, 0.3) is 0 Å². The number of quaternary nitrogens is 1. The fourth-order valence-electron chi connectivity index (χ4n) is 4.34. The zero-order chi connectivity index (χ0) is 30.1. The maximum absolute atomic E-state index is 12.5. The van der Waals surface area contributed by atoms with E-state index in [0.29, 0.717) is 12.8 Å². The number of carbonyl (C=O) groups is 3. The van der Waals surface area contributed by atoms with Crippen LogP contribution in [0.3, 0.4) is 0 Å². The molecule has 0 aromatic rings. The van der Waals surface area contributed by atoms with Gasteiger partial charge in [0.05, 0.1) is 40.3 Å². The fraction of sp³-hybridized carbons (Fsp3) is 0.844. The van der Waals surface area contributed by atoms with Crippen LogP contribution >= 0.6 is 0 Å². The molecule has 0 aliphatic rings. The number of aliphatic carboxylic acids is 1. The summed E-state index contributed by atoms with van der Waals surface area (Å²) in [5, 5.41) is 11.5. The van der Waals surface area contributed by atoms with Crippen LogP contribution < -0.4 is 5.11 Å². The lowest BCUT2D eigenvalue weighted by molar-refractivity contribution is -0.889. The number of carboxylic acids is 1. The molecule has 2 unspecified atom stereocenters. The summed E-state index contributed by atoms with van der Waals surface area (Å²) in [5.74, 6) is -1.77. The first-order valence-corrected chi connectivity index (χ1v) is 15.7. The van der Waals surface area contributed by atoms with Crippen molar-refractivity contribution in [2.75, 3.05) is 41.0 Å². The SMILES string of the molecule is CCCC/C=C\CCCCCCCC(=O)OC(COCCC(C(=O)[O-])[N+](C)(C)C)COC(=O)CCCCCCC. The van der Waals surface area contributed by atoms with Crippen LogP contribution in [0.2, 0.25) is 0 Å². The van der Waals surface area contributed by atoms with Crippen molar-refractivity contribution >= 4 is 17.9 Å². The van der Waals surface area contributed by atoms with Crippen LogP contribution in [0.15, 0.2) is 12.2 Å². The number of esters is 2. The summed E-state index contributed by atoms with van der Waals surface area (Å²) < 4.78 is 16.9. The highest BCUT2D eigenvalue weighted by molar-refractivity contribution is 5.70. The molecule has 0 aliphatic carbocycles. The average Bonchev–Trinajstić information content (AvgIpc) is 2.88. The Kier molecular flexibility index (Phi) is 23.6. The minimum absolute atomic E-state index is 0.0399. The van der Waals surface area contributed by atoms with E-state index in [0.717, 1.165) is 64.2 Å². The van der Waals surface area contributed by atoms with Gasteiger partial charge in [0.15, 0.2) is 6.10 Å². The number of hydrogen-bond donors (Lipinski definition) is 0. The van der Waals surface area contributed by atoms with E-state index in [-0.39, 0.29) is 42.7 Å².